The average molecular weight is 284 g/mol. The standard InChI is InChI=1S/C13H8F4N2O/c14-6-1-4-10(8(16)5-6)19-13(20)11-7(15)2-3-9(18)12(11)17/h1-5H,18H2,(H,19,20). The van der Waals surface area contributed by atoms with Crippen molar-refractivity contribution >= 4 is 17.3 Å². The number of nitrogens with two attached hydrogens (primary N) is 1. The highest BCUT2D eigenvalue weighted by atomic mass is 19.1. The van der Waals surface area contributed by atoms with Gasteiger partial charge >= 0.3 is 0 Å². The first kappa shape index (κ1) is 13.9. The first-order chi connectivity index (χ1) is 9.40. The summed E-state index contributed by atoms with van der Waals surface area (Å²) >= 11 is 0. The summed E-state index contributed by atoms with van der Waals surface area (Å²) in [6, 6.07) is 4.13. The van der Waals surface area contributed by atoms with E-state index < -0.39 is 46.1 Å². The van der Waals surface area contributed by atoms with Gasteiger partial charge in [0.15, 0.2) is 5.82 Å². The van der Waals surface area contributed by atoms with Crippen LogP contribution in [0.4, 0.5) is 28.9 Å². The van der Waals surface area contributed by atoms with Gasteiger partial charge in [0.25, 0.3) is 5.91 Å². The fraction of sp³-hybridized carbons (Fsp3) is 0. The molecule has 20 heavy (non-hydrogen) atoms. The van der Waals surface area contributed by atoms with Crippen LogP contribution in [0.5, 0.6) is 0 Å². The van der Waals surface area contributed by atoms with Crippen molar-refractivity contribution in [3.63, 3.8) is 0 Å². The molecule has 2 aromatic rings. The van der Waals surface area contributed by atoms with E-state index in [4.69, 9.17) is 5.73 Å². The number of rotatable bonds is 2. The van der Waals surface area contributed by atoms with E-state index in [1.807, 2.05) is 5.32 Å². The molecule has 7 heteroatoms. The lowest BCUT2D eigenvalue weighted by Gasteiger charge is -2.09. The Labute approximate surface area is 111 Å². The van der Waals surface area contributed by atoms with E-state index in [0.717, 1.165) is 24.3 Å². The van der Waals surface area contributed by atoms with Gasteiger partial charge in [-0.2, -0.15) is 0 Å². The van der Waals surface area contributed by atoms with E-state index >= 15 is 0 Å². The van der Waals surface area contributed by atoms with Crippen LogP contribution in [-0.4, -0.2) is 5.91 Å². The zero-order chi connectivity index (χ0) is 14.9. The number of carbonyl (C=O) groups excluding carboxylic acids is 1. The topological polar surface area (TPSA) is 55.1 Å². The maximum atomic E-state index is 13.6. The van der Waals surface area contributed by atoms with E-state index in [-0.39, 0.29) is 0 Å². The molecule has 0 aliphatic heterocycles. The highest BCUT2D eigenvalue weighted by Gasteiger charge is 2.20. The number of anilines is 2. The quantitative estimate of drug-likeness (QED) is 0.657. The number of amides is 1. The molecular formula is C13H8F4N2O. The Balaban J connectivity index is 2.36. The van der Waals surface area contributed by atoms with Crippen molar-refractivity contribution in [1.82, 2.24) is 0 Å². The normalized spacial score (nSPS) is 10.4. The third-order valence-corrected chi connectivity index (χ3v) is 2.53. The molecule has 104 valence electrons. The van der Waals surface area contributed by atoms with Crippen molar-refractivity contribution in [1.29, 1.82) is 0 Å². The molecular weight excluding hydrogens is 276 g/mol. The van der Waals surface area contributed by atoms with Crippen LogP contribution >= 0.6 is 0 Å². The van der Waals surface area contributed by atoms with Gasteiger partial charge in [0.1, 0.15) is 23.0 Å². The number of halogens is 4. The second-order valence-corrected chi connectivity index (χ2v) is 3.90. The molecule has 0 atom stereocenters. The van der Waals surface area contributed by atoms with Gasteiger partial charge in [-0.25, -0.2) is 17.6 Å². The van der Waals surface area contributed by atoms with Crippen LogP contribution in [0, 0.1) is 23.3 Å². The van der Waals surface area contributed by atoms with Crippen molar-refractivity contribution in [2.24, 2.45) is 0 Å². The summed E-state index contributed by atoms with van der Waals surface area (Å²) in [6.45, 7) is 0. The lowest BCUT2D eigenvalue weighted by Crippen LogP contribution is -2.17. The Bertz CT molecular complexity index is 688. The Morgan fingerprint density at radius 3 is 2.35 bits per heavy atom. The fourth-order valence-electron chi connectivity index (χ4n) is 1.55. The van der Waals surface area contributed by atoms with Crippen molar-refractivity contribution in [2.75, 3.05) is 11.1 Å². The number of carbonyl (C=O) groups is 1. The smallest absolute Gasteiger partial charge is 0.261 e. The third-order valence-electron chi connectivity index (χ3n) is 2.53. The molecule has 2 rings (SSSR count). The van der Waals surface area contributed by atoms with E-state index in [1.165, 1.54) is 0 Å². The van der Waals surface area contributed by atoms with E-state index in [2.05, 4.69) is 0 Å². The molecule has 0 heterocycles. The van der Waals surface area contributed by atoms with Gasteiger partial charge in [0, 0.05) is 6.07 Å². The zero-order valence-corrected chi connectivity index (χ0v) is 9.88. The maximum absolute atomic E-state index is 13.6. The van der Waals surface area contributed by atoms with Gasteiger partial charge in [0.2, 0.25) is 0 Å². The van der Waals surface area contributed by atoms with Crippen LogP contribution in [-0.2, 0) is 0 Å². The van der Waals surface area contributed by atoms with E-state index in [1.54, 1.807) is 0 Å². The number of hydrogen-bond donors (Lipinski definition) is 2. The van der Waals surface area contributed by atoms with Crippen LogP contribution in [0.1, 0.15) is 10.4 Å². The molecule has 0 unspecified atom stereocenters. The summed E-state index contributed by atoms with van der Waals surface area (Å²) in [6.07, 6.45) is 0. The van der Waals surface area contributed by atoms with E-state index in [0.29, 0.717) is 6.07 Å². The summed E-state index contributed by atoms with van der Waals surface area (Å²) in [5, 5.41) is 1.95. The van der Waals surface area contributed by atoms with Crippen LogP contribution in [0.3, 0.4) is 0 Å². The number of hydrogen-bond acceptors (Lipinski definition) is 2. The minimum absolute atomic E-state index is 0.405. The Morgan fingerprint density at radius 2 is 1.70 bits per heavy atom. The summed E-state index contributed by atoms with van der Waals surface area (Å²) in [7, 11) is 0. The predicted molar refractivity (Wildman–Crippen MR) is 65.1 cm³/mol. The lowest BCUT2D eigenvalue weighted by molar-refractivity contribution is 0.101. The first-order valence-corrected chi connectivity index (χ1v) is 5.40. The Kier molecular flexibility index (Phi) is 3.60. The molecule has 0 saturated carbocycles. The first-order valence-electron chi connectivity index (χ1n) is 5.40. The maximum Gasteiger partial charge on any atom is 0.261 e. The molecule has 0 aromatic heterocycles. The highest BCUT2D eigenvalue weighted by molar-refractivity contribution is 6.05. The van der Waals surface area contributed by atoms with Gasteiger partial charge in [-0.3, -0.25) is 4.79 Å². The van der Waals surface area contributed by atoms with E-state index in [9.17, 15) is 22.4 Å². The summed E-state index contributed by atoms with van der Waals surface area (Å²) in [5.74, 6) is -5.52. The SMILES string of the molecule is Nc1ccc(F)c(C(=O)Nc2ccc(F)cc2F)c1F. The van der Waals surface area contributed by atoms with Gasteiger partial charge in [-0.1, -0.05) is 0 Å². The molecule has 0 aliphatic carbocycles. The molecule has 2 aromatic carbocycles. The number of nitrogens with one attached hydrogen (secondary N) is 1. The molecule has 0 saturated heterocycles. The van der Waals surface area contributed by atoms with Gasteiger partial charge in [-0.05, 0) is 24.3 Å². The fourth-order valence-corrected chi connectivity index (χ4v) is 1.55. The monoisotopic (exact) mass is 284 g/mol. The molecule has 0 fully saturated rings. The van der Waals surface area contributed by atoms with Crippen molar-refractivity contribution in [3.05, 3.63) is 59.2 Å². The molecule has 3 N–H and O–H groups in total. The Hall–Kier alpha value is -2.57. The summed E-state index contributed by atoms with van der Waals surface area (Å²) in [4.78, 5) is 11.7. The molecule has 0 bridgehead atoms. The zero-order valence-electron chi connectivity index (χ0n) is 9.88. The van der Waals surface area contributed by atoms with Crippen LogP contribution in [0.15, 0.2) is 30.3 Å². The lowest BCUT2D eigenvalue weighted by atomic mass is 10.1. The van der Waals surface area contributed by atoms with Gasteiger partial charge in [-0.15, -0.1) is 0 Å². The minimum atomic E-state index is -1.25. The third kappa shape index (κ3) is 2.56. The van der Waals surface area contributed by atoms with Crippen molar-refractivity contribution < 1.29 is 22.4 Å². The predicted octanol–water partition coefficient (Wildman–Crippen LogP) is 3.08. The summed E-state index contributed by atoms with van der Waals surface area (Å²) in [5.41, 5.74) is 3.46. The molecule has 0 spiro atoms. The molecule has 0 aliphatic rings. The summed E-state index contributed by atoms with van der Waals surface area (Å²) < 4.78 is 53.1. The number of nitrogen functional groups attached to an aromatic ring is 1. The van der Waals surface area contributed by atoms with Gasteiger partial charge < -0.3 is 11.1 Å². The molecule has 0 radical (unpaired) electrons. The van der Waals surface area contributed by atoms with Crippen LogP contribution in [0.2, 0.25) is 0 Å². The average Bonchev–Trinajstić information content (AvgIpc) is 2.38. The number of benzene rings is 2. The minimum Gasteiger partial charge on any atom is -0.396 e. The van der Waals surface area contributed by atoms with Crippen LogP contribution in [0.25, 0.3) is 0 Å². The Morgan fingerprint density at radius 1 is 1.00 bits per heavy atom. The second kappa shape index (κ2) is 5.20. The second-order valence-electron chi connectivity index (χ2n) is 3.90. The largest absolute Gasteiger partial charge is 0.396 e. The van der Waals surface area contributed by atoms with Crippen molar-refractivity contribution in [2.45, 2.75) is 0 Å². The van der Waals surface area contributed by atoms with Crippen molar-refractivity contribution in [3.8, 4) is 0 Å². The van der Waals surface area contributed by atoms with Crippen LogP contribution < -0.4 is 11.1 Å². The van der Waals surface area contributed by atoms with Gasteiger partial charge in [0.05, 0.1) is 11.4 Å². The molecule has 1 amide bonds. The highest BCUT2D eigenvalue weighted by Crippen LogP contribution is 2.21. The molecule has 3 nitrogen and oxygen atoms in total.